The highest BCUT2D eigenvalue weighted by atomic mass is 16.5. The molecule has 1 aromatic carbocycles. The fraction of sp³-hybridized carbons (Fsp3) is 0.647. The fourth-order valence-corrected chi connectivity index (χ4v) is 2.81. The second kappa shape index (κ2) is 7.65. The lowest BCUT2D eigenvalue weighted by Crippen LogP contribution is -2.33. The molecule has 1 saturated heterocycles. The molecule has 2 unspecified atom stereocenters. The highest BCUT2D eigenvalue weighted by molar-refractivity contribution is 5.47. The Labute approximate surface area is 123 Å². The summed E-state index contributed by atoms with van der Waals surface area (Å²) < 4.78 is 5.45. The third-order valence-electron chi connectivity index (χ3n) is 4.37. The smallest absolute Gasteiger partial charge is 0.0509 e. The van der Waals surface area contributed by atoms with Crippen molar-refractivity contribution in [2.45, 2.75) is 39.8 Å². The zero-order valence-electron chi connectivity index (χ0n) is 13.1. The quantitative estimate of drug-likeness (QED) is 0.828. The Hall–Kier alpha value is -1.06. The number of nitrogens with zero attached hydrogens (tertiary/aromatic N) is 1. The third-order valence-corrected chi connectivity index (χ3v) is 4.37. The fourth-order valence-electron chi connectivity index (χ4n) is 2.81. The molecule has 20 heavy (non-hydrogen) atoms. The summed E-state index contributed by atoms with van der Waals surface area (Å²) in [6.07, 6.45) is 1.19. The van der Waals surface area contributed by atoms with Gasteiger partial charge in [-0.2, -0.15) is 0 Å². The van der Waals surface area contributed by atoms with Crippen LogP contribution in [-0.4, -0.2) is 32.3 Å². The van der Waals surface area contributed by atoms with Gasteiger partial charge >= 0.3 is 0 Å². The van der Waals surface area contributed by atoms with Crippen LogP contribution in [0, 0.1) is 5.92 Å². The molecule has 1 fully saturated rings. The average Bonchev–Trinajstić information content (AvgIpc) is 3.01. The second-order valence-corrected chi connectivity index (χ2v) is 5.63. The summed E-state index contributed by atoms with van der Waals surface area (Å²) in [7, 11) is 0. The molecule has 2 rings (SSSR count). The first-order chi connectivity index (χ1) is 9.74. The molecule has 0 bridgehead atoms. The molecule has 0 amide bonds. The van der Waals surface area contributed by atoms with Crippen molar-refractivity contribution in [2.24, 2.45) is 5.92 Å². The molecule has 2 atom stereocenters. The standard InChI is InChI=1S/C17H28N2O/c1-4-19(5-2)17-8-6-15(7-9-17)12-18-14(3)16-10-11-20-13-16/h6-9,14,16,18H,4-5,10-13H2,1-3H3. The number of rotatable bonds is 7. The summed E-state index contributed by atoms with van der Waals surface area (Å²) in [4.78, 5) is 2.37. The van der Waals surface area contributed by atoms with Crippen molar-refractivity contribution in [1.82, 2.24) is 5.32 Å². The summed E-state index contributed by atoms with van der Waals surface area (Å²) in [5.74, 6) is 0.671. The Morgan fingerprint density at radius 3 is 2.50 bits per heavy atom. The zero-order chi connectivity index (χ0) is 14.4. The monoisotopic (exact) mass is 276 g/mol. The summed E-state index contributed by atoms with van der Waals surface area (Å²) in [5, 5.41) is 3.62. The second-order valence-electron chi connectivity index (χ2n) is 5.63. The predicted octanol–water partition coefficient (Wildman–Crippen LogP) is 3.05. The molecule has 1 heterocycles. The van der Waals surface area contributed by atoms with E-state index < -0.39 is 0 Å². The Morgan fingerprint density at radius 2 is 1.95 bits per heavy atom. The maximum Gasteiger partial charge on any atom is 0.0509 e. The van der Waals surface area contributed by atoms with E-state index in [1.54, 1.807) is 0 Å². The topological polar surface area (TPSA) is 24.5 Å². The van der Waals surface area contributed by atoms with Gasteiger partial charge in [-0.1, -0.05) is 12.1 Å². The lowest BCUT2D eigenvalue weighted by atomic mass is 10.0. The van der Waals surface area contributed by atoms with Crippen LogP contribution in [0.25, 0.3) is 0 Å². The normalized spacial score (nSPS) is 20.1. The van der Waals surface area contributed by atoms with Crippen LogP contribution in [0.1, 0.15) is 32.8 Å². The van der Waals surface area contributed by atoms with Crippen LogP contribution in [0.3, 0.4) is 0 Å². The Morgan fingerprint density at radius 1 is 1.25 bits per heavy atom. The van der Waals surface area contributed by atoms with Crippen molar-refractivity contribution >= 4 is 5.69 Å². The minimum Gasteiger partial charge on any atom is -0.381 e. The highest BCUT2D eigenvalue weighted by Crippen LogP contribution is 2.18. The first-order valence-corrected chi connectivity index (χ1v) is 7.89. The first-order valence-electron chi connectivity index (χ1n) is 7.89. The molecule has 0 spiro atoms. The van der Waals surface area contributed by atoms with Gasteiger partial charge in [0.15, 0.2) is 0 Å². The summed E-state index contributed by atoms with van der Waals surface area (Å²) in [5.41, 5.74) is 2.67. The van der Waals surface area contributed by atoms with Crippen LogP contribution in [0.5, 0.6) is 0 Å². The van der Waals surface area contributed by atoms with Gasteiger partial charge < -0.3 is 15.0 Å². The Bertz CT molecular complexity index is 380. The van der Waals surface area contributed by atoms with Gasteiger partial charge in [0.25, 0.3) is 0 Å². The number of nitrogens with one attached hydrogen (secondary N) is 1. The zero-order valence-corrected chi connectivity index (χ0v) is 13.1. The van der Waals surface area contributed by atoms with E-state index >= 15 is 0 Å². The predicted molar refractivity (Wildman–Crippen MR) is 85.2 cm³/mol. The molecule has 1 aromatic rings. The molecule has 3 nitrogen and oxygen atoms in total. The van der Waals surface area contributed by atoms with E-state index in [2.05, 4.69) is 55.3 Å². The summed E-state index contributed by atoms with van der Waals surface area (Å²) in [6, 6.07) is 9.46. The maximum absolute atomic E-state index is 5.45. The summed E-state index contributed by atoms with van der Waals surface area (Å²) >= 11 is 0. The lowest BCUT2D eigenvalue weighted by molar-refractivity contribution is 0.178. The molecular formula is C17H28N2O. The van der Waals surface area contributed by atoms with Crippen LogP contribution in [0.2, 0.25) is 0 Å². The number of hydrogen-bond acceptors (Lipinski definition) is 3. The minimum absolute atomic E-state index is 0.528. The highest BCUT2D eigenvalue weighted by Gasteiger charge is 2.21. The van der Waals surface area contributed by atoms with Gasteiger partial charge in [-0.3, -0.25) is 0 Å². The van der Waals surface area contributed by atoms with Gasteiger partial charge in [-0.25, -0.2) is 0 Å². The van der Waals surface area contributed by atoms with E-state index in [0.717, 1.165) is 32.8 Å². The van der Waals surface area contributed by atoms with Crippen LogP contribution in [0.15, 0.2) is 24.3 Å². The molecule has 1 aliphatic rings. The Balaban J connectivity index is 1.84. The van der Waals surface area contributed by atoms with Crippen molar-refractivity contribution in [3.63, 3.8) is 0 Å². The number of anilines is 1. The van der Waals surface area contributed by atoms with E-state index in [-0.39, 0.29) is 0 Å². The Kier molecular flexibility index (Phi) is 5.86. The van der Waals surface area contributed by atoms with Crippen LogP contribution in [-0.2, 0) is 11.3 Å². The van der Waals surface area contributed by atoms with Gasteiger partial charge in [0, 0.05) is 38.0 Å². The van der Waals surface area contributed by atoms with E-state index in [0.29, 0.717) is 12.0 Å². The molecule has 0 aromatic heterocycles. The largest absolute Gasteiger partial charge is 0.381 e. The van der Waals surface area contributed by atoms with Gasteiger partial charge in [-0.05, 0) is 50.8 Å². The van der Waals surface area contributed by atoms with Crippen LogP contribution >= 0.6 is 0 Å². The molecule has 0 aliphatic carbocycles. The first kappa shape index (κ1) is 15.3. The van der Waals surface area contributed by atoms with E-state index in [1.807, 2.05) is 0 Å². The molecule has 1 aliphatic heterocycles. The van der Waals surface area contributed by atoms with Crippen molar-refractivity contribution in [3.8, 4) is 0 Å². The molecular weight excluding hydrogens is 248 g/mol. The van der Waals surface area contributed by atoms with E-state index in [1.165, 1.54) is 17.7 Å². The van der Waals surface area contributed by atoms with Crippen LogP contribution in [0.4, 0.5) is 5.69 Å². The average molecular weight is 276 g/mol. The van der Waals surface area contributed by atoms with Gasteiger partial charge in [0.2, 0.25) is 0 Å². The van der Waals surface area contributed by atoms with Crippen LogP contribution < -0.4 is 10.2 Å². The maximum atomic E-state index is 5.45. The number of benzene rings is 1. The number of ether oxygens (including phenoxy) is 1. The SMILES string of the molecule is CCN(CC)c1ccc(CNC(C)C2CCOC2)cc1. The molecule has 112 valence electrons. The molecule has 3 heteroatoms. The third kappa shape index (κ3) is 3.97. The lowest BCUT2D eigenvalue weighted by Gasteiger charge is -2.22. The van der Waals surface area contributed by atoms with Crippen molar-refractivity contribution < 1.29 is 4.74 Å². The molecule has 1 N–H and O–H groups in total. The molecule has 0 radical (unpaired) electrons. The molecule has 0 saturated carbocycles. The summed E-state index contributed by atoms with van der Waals surface area (Å²) in [6.45, 7) is 11.6. The van der Waals surface area contributed by atoms with E-state index in [4.69, 9.17) is 4.74 Å². The van der Waals surface area contributed by atoms with Gasteiger partial charge in [0.05, 0.1) is 6.61 Å². The van der Waals surface area contributed by atoms with E-state index in [9.17, 15) is 0 Å². The van der Waals surface area contributed by atoms with Crippen molar-refractivity contribution in [1.29, 1.82) is 0 Å². The van der Waals surface area contributed by atoms with Gasteiger partial charge in [0.1, 0.15) is 0 Å². The van der Waals surface area contributed by atoms with Crippen molar-refractivity contribution in [3.05, 3.63) is 29.8 Å². The number of hydrogen-bond donors (Lipinski definition) is 1. The van der Waals surface area contributed by atoms with Crippen molar-refractivity contribution in [2.75, 3.05) is 31.2 Å². The minimum atomic E-state index is 0.528. The van der Waals surface area contributed by atoms with Gasteiger partial charge in [-0.15, -0.1) is 0 Å².